The number of alkyl halides is 6. The molecule has 2 aliphatic rings. The number of benzene rings is 4. The van der Waals surface area contributed by atoms with Crippen LogP contribution in [0.2, 0.25) is 0 Å². The summed E-state index contributed by atoms with van der Waals surface area (Å²) in [6.07, 6.45) is -1.34. The predicted molar refractivity (Wildman–Crippen MR) is 180 cm³/mol. The van der Waals surface area contributed by atoms with Gasteiger partial charge in [0.05, 0.1) is 0 Å². The van der Waals surface area contributed by atoms with Crippen LogP contribution in [0.4, 0.5) is 26.3 Å². The van der Waals surface area contributed by atoms with E-state index in [-0.39, 0.29) is 35.6 Å². The van der Waals surface area contributed by atoms with Crippen LogP contribution in [0.25, 0.3) is 11.1 Å². The number of allylic oxidation sites excluding steroid dienone is 4. The van der Waals surface area contributed by atoms with Crippen molar-refractivity contribution in [2.24, 2.45) is 0 Å². The first-order chi connectivity index (χ1) is 22.3. The molecular weight excluding hydrogens is 769 g/mol. The maximum atomic E-state index is 13.7. The summed E-state index contributed by atoms with van der Waals surface area (Å²) < 4.78 is 85.7. The van der Waals surface area contributed by atoms with Crippen LogP contribution >= 0.6 is 0 Å². The minimum absolute atomic E-state index is 0. The van der Waals surface area contributed by atoms with E-state index in [2.05, 4.69) is 84.0 Å². The first-order valence-corrected chi connectivity index (χ1v) is 19.8. The van der Waals surface area contributed by atoms with E-state index in [1.165, 1.54) is 58.6 Å². The van der Waals surface area contributed by atoms with Gasteiger partial charge in [0.15, 0.2) is 0 Å². The summed E-state index contributed by atoms with van der Waals surface area (Å²) in [5.41, 5.74) is 6.69. The second-order valence-electron chi connectivity index (χ2n) is 14.8. The van der Waals surface area contributed by atoms with Gasteiger partial charge in [0.2, 0.25) is 0 Å². The van der Waals surface area contributed by atoms with Gasteiger partial charge in [-0.3, -0.25) is 0 Å². The van der Waals surface area contributed by atoms with Gasteiger partial charge in [0.25, 0.3) is 0 Å². The third-order valence-electron chi connectivity index (χ3n) is 9.34. The molecule has 0 radical (unpaired) electrons. The summed E-state index contributed by atoms with van der Waals surface area (Å²) in [7, 11) is 0. The first-order valence-electron chi connectivity index (χ1n) is 16.1. The molecule has 0 aromatic heterocycles. The van der Waals surface area contributed by atoms with E-state index < -0.39 is 44.7 Å². The fourth-order valence-corrected chi connectivity index (χ4v) is 15.8. The molecular formula is C41H38Cl2F6Zr. The topological polar surface area (TPSA) is 0 Å². The largest absolute Gasteiger partial charge is 1.00 e. The second-order valence-corrected chi connectivity index (χ2v) is 20.7. The van der Waals surface area contributed by atoms with Gasteiger partial charge >= 0.3 is 288 Å². The number of hydrogen-bond acceptors (Lipinski definition) is 0. The van der Waals surface area contributed by atoms with Crippen LogP contribution in [0.1, 0.15) is 92.5 Å². The summed E-state index contributed by atoms with van der Waals surface area (Å²) in [6.45, 7) is 13.1. The Kier molecular flexibility index (Phi) is 11.5. The zero-order valence-electron chi connectivity index (χ0n) is 28.7. The Morgan fingerprint density at radius 1 is 0.600 bits per heavy atom. The van der Waals surface area contributed by atoms with Crippen molar-refractivity contribution in [1.29, 1.82) is 0 Å². The van der Waals surface area contributed by atoms with Crippen molar-refractivity contribution in [1.82, 2.24) is 0 Å². The quantitative estimate of drug-likeness (QED) is 0.218. The molecule has 0 saturated heterocycles. The smallest absolute Gasteiger partial charge is 1.00 e. The van der Waals surface area contributed by atoms with E-state index >= 15 is 0 Å². The summed E-state index contributed by atoms with van der Waals surface area (Å²) in [5, 5.41) is 0. The summed E-state index contributed by atoms with van der Waals surface area (Å²) in [6, 6.07) is 21.5. The average Bonchev–Trinajstić information content (AvgIpc) is 3.66. The molecule has 0 heterocycles. The Morgan fingerprint density at radius 2 is 1.10 bits per heavy atom. The number of fused-ring (bicyclic) bond motifs is 3. The Hall–Kier alpha value is -2.73. The summed E-state index contributed by atoms with van der Waals surface area (Å²) >= 11 is -3.41. The maximum Gasteiger partial charge on any atom is -1.00 e. The molecule has 2 aliphatic carbocycles. The monoisotopic (exact) mass is 804 g/mol. The molecule has 6 rings (SSSR count). The van der Waals surface area contributed by atoms with Gasteiger partial charge in [-0.05, 0) is 0 Å². The van der Waals surface area contributed by atoms with Crippen molar-refractivity contribution in [2.75, 3.05) is 0 Å². The molecule has 4 aromatic rings. The molecule has 0 N–H and O–H groups in total. The Labute approximate surface area is 310 Å². The van der Waals surface area contributed by atoms with Crippen molar-refractivity contribution in [3.05, 3.63) is 145 Å². The predicted octanol–water partition coefficient (Wildman–Crippen LogP) is 5.25. The third kappa shape index (κ3) is 7.86. The molecule has 0 atom stereocenters. The molecule has 0 aliphatic heterocycles. The summed E-state index contributed by atoms with van der Waals surface area (Å²) in [5.74, 6) is 0. The van der Waals surface area contributed by atoms with Crippen molar-refractivity contribution in [3.63, 3.8) is 0 Å². The van der Waals surface area contributed by atoms with Crippen molar-refractivity contribution in [2.45, 2.75) is 77.6 Å². The molecule has 0 amide bonds. The van der Waals surface area contributed by atoms with Crippen molar-refractivity contribution in [3.8, 4) is 11.1 Å². The molecule has 0 saturated carbocycles. The molecule has 0 unspecified atom stereocenters. The number of rotatable bonds is 4. The van der Waals surface area contributed by atoms with Crippen LogP contribution in [-0.2, 0) is 50.9 Å². The van der Waals surface area contributed by atoms with E-state index in [1.54, 1.807) is 0 Å². The van der Waals surface area contributed by atoms with Gasteiger partial charge in [-0.15, -0.1) is 0 Å². The maximum absolute atomic E-state index is 13.7. The molecule has 0 bridgehead atoms. The van der Waals surface area contributed by atoms with Gasteiger partial charge in [-0.2, -0.15) is 0 Å². The third-order valence-corrected chi connectivity index (χ3v) is 17.1. The van der Waals surface area contributed by atoms with Gasteiger partial charge < -0.3 is 24.8 Å². The minimum Gasteiger partial charge on any atom is -1.00 e. The molecule has 9 heteroatoms. The van der Waals surface area contributed by atoms with Crippen LogP contribution in [0.5, 0.6) is 0 Å². The second kappa shape index (κ2) is 14.4. The van der Waals surface area contributed by atoms with Crippen LogP contribution < -0.4 is 28.1 Å². The Morgan fingerprint density at radius 3 is 1.54 bits per heavy atom. The zero-order valence-corrected chi connectivity index (χ0v) is 32.6. The van der Waals surface area contributed by atoms with E-state index in [0.29, 0.717) is 17.5 Å². The van der Waals surface area contributed by atoms with Crippen molar-refractivity contribution >= 4 is 6.48 Å². The SMILES string of the molecule is CC(C)(C)c1ccc2c(c1)Cc1c-2ccc(C(C)(C)C)[c]1[Zr+2]([C]1=CC=CC1)=[C](c1ccc(C(F)(F)F)cc1)c1ccc(C(F)(F)F)cc1.[Cl-].[Cl-]. The Bertz CT molecular complexity index is 1920. The summed E-state index contributed by atoms with van der Waals surface area (Å²) in [4.78, 5) is 0. The molecule has 50 heavy (non-hydrogen) atoms. The van der Waals surface area contributed by atoms with Gasteiger partial charge in [-0.1, -0.05) is 0 Å². The van der Waals surface area contributed by atoms with Gasteiger partial charge in [0.1, 0.15) is 0 Å². The fourth-order valence-electron chi connectivity index (χ4n) is 6.84. The van der Waals surface area contributed by atoms with E-state index in [9.17, 15) is 26.3 Å². The molecule has 0 spiro atoms. The molecule has 262 valence electrons. The van der Waals surface area contributed by atoms with Crippen LogP contribution in [0.3, 0.4) is 0 Å². The van der Waals surface area contributed by atoms with Crippen molar-refractivity contribution < 1.29 is 72.4 Å². The van der Waals surface area contributed by atoms with Crippen LogP contribution in [0, 0.1) is 0 Å². The molecule has 0 fully saturated rings. The van der Waals surface area contributed by atoms with E-state index in [4.69, 9.17) is 0 Å². The van der Waals surface area contributed by atoms with Crippen LogP contribution in [0.15, 0.2) is 100 Å². The van der Waals surface area contributed by atoms with Gasteiger partial charge in [0, 0.05) is 0 Å². The van der Waals surface area contributed by atoms with E-state index in [0.717, 1.165) is 39.5 Å². The normalized spacial score (nSPS) is 13.8. The molecule has 0 nitrogen and oxygen atoms in total. The average molecular weight is 807 g/mol. The number of hydrogen-bond donors (Lipinski definition) is 0. The fraction of sp³-hybridized carbons (Fsp3) is 0.293. The number of halogens is 8. The first kappa shape index (κ1) is 40.0. The Balaban J connectivity index is 0.00000281. The van der Waals surface area contributed by atoms with Gasteiger partial charge in [-0.25, -0.2) is 0 Å². The van der Waals surface area contributed by atoms with Crippen LogP contribution in [-0.4, -0.2) is 3.21 Å². The minimum atomic E-state index is -4.51. The molecule has 4 aromatic carbocycles. The standard InChI is InChI=1S/C21H25.C15H8F6.C5H5.2ClH.Zr/c1-20(2,3)16-7-9-18-14(12-16)11-15-13-17(21(4,5)6)8-10-19(15)18;16-14(17,18)12-5-1-10(2-6-12)9-11-3-7-13(8-4-11)15(19,20)21;1-2-4-5-3-1;;;/h7-10,12H,11H2,1-6H3;1-8H;1-3H,4H2;2*1H;/q;;;;;+2/p-2. The zero-order chi connectivity index (χ0) is 34.8. The van der Waals surface area contributed by atoms with E-state index in [1.807, 2.05) is 6.08 Å².